The van der Waals surface area contributed by atoms with E-state index in [1.165, 1.54) is 9.21 Å². The second kappa shape index (κ2) is 8.18. The van der Waals surface area contributed by atoms with Crippen LogP contribution in [0.5, 0.6) is 0 Å². The summed E-state index contributed by atoms with van der Waals surface area (Å²) in [5.74, 6) is -0.176. The van der Waals surface area contributed by atoms with Gasteiger partial charge in [0.05, 0.1) is 31.1 Å². The number of quaternary nitrogens is 1. The van der Waals surface area contributed by atoms with Gasteiger partial charge in [-0.1, -0.05) is 25.5 Å². The predicted molar refractivity (Wildman–Crippen MR) is 104 cm³/mol. The van der Waals surface area contributed by atoms with Crippen molar-refractivity contribution in [1.82, 2.24) is 14.5 Å². The van der Waals surface area contributed by atoms with Crippen LogP contribution in [0.4, 0.5) is 4.79 Å². The van der Waals surface area contributed by atoms with Crippen molar-refractivity contribution < 1.29 is 22.9 Å². The summed E-state index contributed by atoms with van der Waals surface area (Å²) in [4.78, 5) is 27.1. The van der Waals surface area contributed by atoms with E-state index >= 15 is 0 Å². The first-order valence-electron chi connectivity index (χ1n) is 9.77. The molecular weight excluding hydrogens is 380 g/mol. The van der Waals surface area contributed by atoms with Crippen LogP contribution in [0.1, 0.15) is 30.9 Å². The zero-order chi connectivity index (χ0) is 20.5. The molecule has 2 fully saturated rings. The van der Waals surface area contributed by atoms with Gasteiger partial charge in [0.25, 0.3) is 5.91 Å². The molecule has 0 aliphatic carbocycles. The van der Waals surface area contributed by atoms with Crippen molar-refractivity contribution in [1.29, 1.82) is 0 Å². The van der Waals surface area contributed by atoms with Gasteiger partial charge in [0.2, 0.25) is 10.0 Å². The fraction of sp³-hybridized carbons (Fsp3) is 0.579. The summed E-state index contributed by atoms with van der Waals surface area (Å²) in [5.41, 5.74) is 1.65. The fourth-order valence-corrected chi connectivity index (χ4v) is 5.51. The van der Waals surface area contributed by atoms with E-state index in [0.29, 0.717) is 37.5 Å². The molecule has 2 saturated heterocycles. The third-order valence-corrected chi connectivity index (χ3v) is 7.50. The molecule has 2 heterocycles. The third kappa shape index (κ3) is 4.06. The van der Waals surface area contributed by atoms with Gasteiger partial charge in [-0.05, 0) is 37.5 Å². The number of amides is 3. The molecule has 1 aromatic rings. The lowest BCUT2D eigenvalue weighted by molar-refractivity contribution is -0.910. The first kappa shape index (κ1) is 20.8. The van der Waals surface area contributed by atoms with Crippen molar-refractivity contribution in [3.05, 3.63) is 29.3 Å². The van der Waals surface area contributed by atoms with E-state index in [2.05, 4.69) is 5.32 Å². The summed E-state index contributed by atoms with van der Waals surface area (Å²) >= 11 is 0. The number of aryl methyl sites for hydroxylation is 2. The Morgan fingerprint density at radius 2 is 1.86 bits per heavy atom. The minimum absolute atomic E-state index is 0.176. The van der Waals surface area contributed by atoms with Crippen molar-refractivity contribution in [2.24, 2.45) is 0 Å². The molecular formula is C19H29N4O4S+. The molecule has 2 aliphatic heterocycles. The Labute approximate surface area is 166 Å². The molecule has 0 unspecified atom stereocenters. The maximum absolute atomic E-state index is 13.0. The minimum Gasteiger partial charge on any atom is -0.326 e. The molecule has 1 atom stereocenters. The van der Waals surface area contributed by atoms with Gasteiger partial charge >= 0.3 is 6.03 Å². The molecule has 154 valence electrons. The zero-order valence-electron chi connectivity index (χ0n) is 16.7. The molecule has 3 amide bonds. The lowest BCUT2D eigenvalue weighted by Crippen LogP contribution is -3.16. The Kier molecular flexibility index (Phi) is 6.07. The van der Waals surface area contributed by atoms with E-state index in [1.54, 1.807) is 13.0 Å². The van der Waals surface area contributed by atoms with Crippen LogP contribution >= 0.6 is 0 Å². The number of hydrogen-bond donors (Lipinski definition) is 2. The standard InChI is InChI=1S/C19H28N4O4S/c1-4-5-16-18(24)23(19(25)20-16)13-21-8-10-22(11-9-21)28(26,27)17-12-14(2)6-7-15(17)3/h6-7,12,16H,4-5,8-11,13H2,1-3H3,(H,20,25)/p+1/t16-/m0/s1. The number of urea groups is 1. The SMILES string of the molecule is CCC[C@@H]1NC(=O)N(C[NH+]2CCN(S(=O)(=O)c3cc(C)ccc3C)CC2)C1=O. The molecule has 28 heavy (non-hydrogen) atoms. The largest absolute Gasteiger partial charge is 0.329 e. The quantitative estimate of drug-likeness (QED) is 0.641. The van der Waals surface area contributed by atoms with Crippen LogP contribution in [0.3, 0.4) is 0 Å². The highest BCUT2D eigenvalue weighted by Crippen LogP contribution is 2.21. The number of carbonyl (C=O) groups is 2. The average molecular weight is 410 g/mol. The van der Waals surface area contributed by atoms with Crippen LogP contribution in [0.25, 0.3) is 0 Å². The van der Waals surface area contributed by atoms with Gasteiger partial charge in [-0.3, -0.25) is 4.79 Å². The second-order valence-electron chi connectivity index (χ2n) is 7.64. The van der Waals surface area contributed by atoms with Gasteiger partial charge in [0, 0.05) is 0 Å². The molecule has 2 N–H and O–H groups in total. The van der Waals surface area contributed by atoms with Crippen LogP contribution in [-0.4, -0.2) is 68.5 Å². The van der Waals surface area contributed by atoms with E-state index in [4.69, 9.17) is 0 Å². The fourth-order valence-electron chi connectivity index (χ4n) is 3.76. The van der Waals surface area contributed by atoms with Crippen molar-refractivity contribution in [2.75, 3.05) is 32.8 Å². The number of piperazine rings is 1. The molecule has 3 rings (SSSR count). The number of rotatable bonds is 6. The van der Waals surface area contributed by atoms with E-state index in [1.807, 2.05) is 26.0 Å². The summed E-state index contributed by atoms with van der Waals surface area (Å²) in [6.07, 6.45) is 1.46. The lowest BCUT2D eigenvalue weighted by Gasteiger charge is -2.33. The van der Waals surface area contributed by atoms with E-state index < -0.39 is 16.1 Å². The van der Waals surface area contributed by atoms with Gasteiger partial charge in [0.1, 0.15) is 6.04 Å². The predicted octanol–water partition coefficient (Wildman–Crippen LogP) is -0.129. The lowest BCUT2D eigenvalue weighted by atomic mass is 10.2. The van der Waals surface area contributed by atoms with Crippen molar-refractivity contribution >= 4 is 22.0 Å². The van der Waals surface area contributed by atoms with Gasteiger partial charge in [-0.15, -0.1) is 0 Å². The van der Waals surface area contributed by atoms with Crippen LogP contribution in [0.15, 0.2) is 23.1 Å². The Balaban J connectivity index is 1.62. The Morgan fingerprint density at radius 1 is 1.18 bits per heavy atom. The number of nitrogens with zero attached hydrogens (tertiary/aromatic N) is 2. The van der Waals surface area contributed by atoms with E-state index in [0.717, 1.165) is 22.4 Å². The van der Waals surface area contributed by atoms with E-state index in [-0.39, 0.29) is 18.6 Å². The number of nitrogens with one attached hydrogen (secondary N) is 2. The van der Waals surface area contributed by atoms with Gasteiger partial charge in [-0.2, -0.15) is 4.31 Å². The highest BCUT2D eigenvalue weighted by molar-refractivity contribution is 7.89. The minimum atomic E-state index is -3.54. The number of imide groups is 1. The monoisotopic (exact) mass is 409 g/mol. The number of carbonyl (C=O) groups excluding carboxylic acids is 2. The first-order valence-corrected chi connectivity index (χ1v) is 11.2. The highest BCUT2D eigenvalue weighted by Gasteiger charge is 2.40. The van der Waals surface area contributed by atoms with E-state index in [9.17, 15) is 18.0 Å². The maximum Gasteiger partial charge on any atom is 0.329 e. The number of hydrogen-bond acceptors (Lipinski definition) is 4. The summed E-state index contributed by atoms with van der Waals surface area (Å²) < 4.78 is 27.5. The smallest absolute Gasteiger partial charge is 0.326 e. The normalized spacial score (nSPS) is 22.0. The van der Waals surface area contributed by atoms with Gasteiger partial charge in [-0.25, -0.2) is 18.1 Å². The molecule has 0 bridgehead atoms. The van der Waals surface area contributed by atoms with Crippen LogP contribution < -0.4 is 10.2 Å². The second-order valence-corrected chi connectivity index (χ2v) is 9.54. The van der Waals surface area contributed by atoms with Gasteiger partial charge < -0.3 is 10.2 Å². The molecule has 0 aromatic heterocycles. The Morgan fingerprint density at radius 3 is 2.50 bits per heavy atom. The van der Waals surface area contributed by atoms with Crippen molar-refractivity contribution in [2.45, 2.75) is 44.6 Å². The average Bonchev–Trinajstić information content (AvgIpc) is 2.92. The summed E-state index contributed by atoms with van der Waals surface area (Å²) in [7, 11) is -3.54. The maximum atomic E-state index is 13.0. The first-order chi connectivity index (χ1) is 13.2. The van der Waals surface area contributed by atoms with Crippen LogP contribution in [0, 0.1) is 13.8 Å². The zero-order valence-corrected chi connectivity index (χ0v) is 17.5. The topological polar surface area (TPSA) is 91.2 Å². The highest BCUT2D eigenvalue weighted by atomic mass is 32.2. The van der Waals surface area contributed by atoms with Crippen molar-refractivity contribution in [3.8, 4) is 0 Å². The number of benzene rings is 1. The third-order valence-electron chi connectivity index (χ3n) is 5.46. The van der Waals surface area contributed by atoms with Crippen LogP contribution in [0.2, 0.25) is 0 Å². The number of sulfonamides is 1. The van der Waals surface area contributed by atoms with Crippen molar-refractivity contribution in [3.63, 3.8) is 0 Å². The molecule has 0 saturated carbocycles. The molecule has 1 aromatic carbocycles. The molecule has 8 nitrogen and oxygen atoms in total. The Hall–Kier alpha value is -1.97. The molecule has 9 heteroatoms. The van der Waals surface area contributed by atoms with Gasteiger partial charge in [0.15, 0.2) is 6.67 Å². The summed E-state index contributed by atoms with van der Waals surface area (Å²) in [5, 5.41) is 2.73. The summed E-state index contributed by atoms with van der Waals surface area (Å²) in [6.45, 7) is 7.78. The molecule has 2 aliphatic rings. The van der Waals surface area contributed by atoms with Crippen LogP contribution in [-0.2, 0) is 14.8 Å². The Bertz CT molecular complexity index is 863. The molecule has 0 spiro atoms. The molecule has 0 radical (unpaired) electrons. The summed E-state index contributed by atoms with van der Waals surface area (Å²) in [6, 6.07) is 4.67.